The van der Waals surface area contributed by atoms with Crippen LogP contribution in [0.25, 0.3) is 10.9 Å². The number of ether oxygens (including phenoxy) is 1. The Morgan fingerprint density at radius 2 is 1.82 bits per heavy atom. The summed E-state index contributed by atoms with van der Waals surface area (Å²) in [6, 6.07) is 12.6. The van der Waals surface area contributed by atoms with E-state index in [2.05, 4.69) is 17.2 Å². The van der Waals surface area contributed by atoms with Gasteiger partial charge in [-0.25, -0.2) is 4.39 Å². The van der Waals surface area contributed by atoms with Gasteiger partial charge in [0.1, 0.15) is 11.6 Å². The van der Waals surface area contributed by atoms with E-state index in [9.17, 15) is 17.6 Å². The summed E-state index contributed by atoms with van der Waals surface area (Å²) in [5.41, 5.74) is 0.00332. The van der Waals surface area contributed by atoms with Crippen LogP contribution in [-0.2, 0) is 11.8 Å². The highest BCUT2D eigenvalue weighted by atomic mass is 19.4. The van der Waals surface area contributed by atoms with Crippen molar-refractivity contribution in [3.05, 3.63) is 71.7 Å². The van der Waals surface area contributed by atoms with Crippen molar-refractivity contribution in [1.29, 1.82) is 0 Å². The molecule has 0 saturated heterocycles. The highest BCUT2D eigenvalue weighted by molar-refractivity contribution is 5.81. The van der Waals surface area contributed by atoms with Gasteiger partial charge in [-0.1, -0.05) is 38.5 Å². The lowest BCUT2D eigenvalue weighted by atomic mass is 9.66. The van der Waals surface area contributed by atoms with Gasteiger partial charge in [-0.05, 0) is 68.2 Å². The SMILES string of the molecule is CCCCNCCC(C)(c1cc(F)ccc1OC)C(Cc1ccnc2ccccc12)C(F)(F)F. The van der Waals surface area contributed by atoms with Crippen LogP contribution in [0.3, 0.4) is 0 Å². The fraction of sp³-hybridized carbons (Fsp3) is 0.444. The molecule has 2 aromatic carbocycles. The molecule has 34 heavy (non-hydrogen) atoms. The van der Waals surface area contributed by atoms with Crippen molar-refractivity contribution in [2.75, 3.05) is 20.2 Å². The van der Waals surface area contributed by atoms with Crippen LogP contribution in [-0.4, -0.2) is 31.4 Å². The van der Waals surface area contributed by atoms with Gasteiger partial charge in [0.25, 0.3) is 0 Å². The molecule has 3 aromatic rings. The highest BCUT2D eigenvalue weighted by Crippen LogP contribution is 2.49. The fourth-order valence-corrected chi connectivity index (χ4v) is 4.65. The molecule has 0 bridgehead atoms. The summed E-state index contributed by atoms with van der Waals surface area (Å²) < 4.78 is 64.1. The molecule has 2 unspecified atom stereocenters. The van der Waals surface area contributed by atoms with E-state index in [4.69, 9.17) is 4.74 Å². The van der Waals surface area contributed by atoms with Gasteiger partial charge in [0.2, 0.25) is 0 Å². The molecular weight excluding hydrogens is 444 g/mol. The third-order valence-corrected chi connectivity index (χ3v) is 6.63. The molecule has 0 radical (unpaired) electrons. The van der Waals surface area contributed by atoms with Gasteiger partial charge < -0.3 is 10.1 Å². The number of methoxy groups -OCH3 is 1. The zero-order valence-electron chi connectivity index (χ0n) is 19.9. The number of pyridine rings is 1. The number of fused-ring (bicyclic) bond motifs is 1. The van der Waals surface area contributed by atoms with E-state index in [0.717, 1.165) is 19.4 Å². The lowest BCUT2D eigenvalue weighted by Crippen LogP contribution is -2.45. The number of para-hydroxylation sites is 1. The maximum Gasteiger partial charge on any atom is 0.392 e. The highest BCUT2D eigenvalue weighted by Gasteiger charge is 2.52. The van der Waals surface area contributed by atoms with Crippen molar-refractivity contribution >= 4 is 10.9 Å². The first-order valence-corrected chi connectivity index (χ1v) is 11.6. The van der Waals surface area contributed by atoms with Crippen molar-refractivity contribution in [3.8, 4) is 5.75 Å². The predicted octanol–water partition coefficient (Wildman–Crippen LogP) is 6.84. The normalized spacial score (nSPS) is 14.7. The van der Waals surface area contributed by atoms with Crippen LogP contribution in [0.4, 0.5) is 17.6 Å². The van der Waals surface area contributed by atoms with E-state index >= 15 is 0 Å². The Labute approximate surface area is 198 Å². The first-order valence-electron chi connectivity index (χ1n) is 11.6. The topological polar surface area (TPSA) is 34.1 Å². The molecule has 0 spiro atoms. The minimum Gasteiger partial charge on any atom is -0.496 e. The number of benzene rings is 2. The quantitative estimate of drug-likeness (QED) is 0.243. The van der Waals surface area contributed by atoms with Crippen LogP contribution in [0.2, 0.25) is 0 Å². The van der Waals surface area contributed by atoms with Gasteiger partial charge in [-0.15, -0.1) is 0 Å². The molecule has 1 N–H and O–H groups in total. The Morgan fingerprint density at radius 3 is 2.53 bits per heavy atom. The lowest BCUT2D eigenvalue weighted by molar-refractivity contribution is -0.193. The van der Waals surface area contributed by atoms with Crippen LogP contribution in [0, 0.1) is 11.7 Å². The Balaban J connectivity index is 2.10. The smallest absolute Gasteiger partial charge is 0.392 e. The molecule has 0 amide bonds. The van der Waals surface area contributed by atoms with Crippen molar-refractivity contribution in [1.82, 2.24) is 10.3 Å². The van der Waals surface area contributed by atoms with Crippen LogP contribution >= 0.6 is 0 Å². The summed E-state index contributed by atoms with van der Waals surface area (Å²) in [5, 5.41) is 3.94. The van der Waals surface area contributed by atoms with Gasteiger partial charge in [-0.2, -0.15) is 13.2 Å². The van der Waals surface area contributed by atoms with Crippen molar-refractivity contribution in [3.63, 3.8) is 0 Å². The third-order valence-electron chi connectivity index (χ3n) is 6.63. The van der Waals surface area contributed by atoms with Crippen molar-refractivity contribution in [2.24, 2.45) is 5.92 Å². The summed E-state index contributed by atoms with van der Waals surface area (Å²) in [7, 11) is 1.40. The molecule has 0 fully saturated rings. The second kappa shape index (κ2) is 11.2. The summed E-state index contributed by atoms with van der Waals surface area (Å²) >= 11 is 0. The van der Waals surface area contributed by atoms with E-state index in [1.54, 1.807) is 31.2 Å². The minimum atomic E-state index is -4.53. The molecule has 7 heteroatoms. The van der Waals surface area contributed by atoms with Crippen molar-refractivity contribution < 1.29 is 22.3 Å². The number of alkyl halides is 3. The van der Waals surface area contributed by atoms with E-state index in [-0.39, 0.29) is 24.2 Å². The molecule has 0 saturated carbocycles. The Hall–Kier alpha value is -2.67. The second-order valence-electron chi connectivity index (χ2n) is 8.90. The zero-order chi connectivity index (χ0) is 24.8. The molecular formula is C27H32F4N2O. The second-order valence-corrected chi connectivity index (χ2v) is 8.90. The van der Waals surface area contributed by atoms with E-state index < -0.39 is 23.3 Å². The number of nitrogens with one attached hydrogen (secondary N) is 1. The summed E-state index contributed by atoms with van der Waals surface area (Å²) in [4.78, 5) is 4.29. The van der Waals surface area contributed by atoms with E-state index in [1.165, 1.54) is 31.5 Å². The van der Waals surface area contributed by atoms with E-state index in [1.807, 2.05) is 6.07 Å². The number of hydrogen-bond acceptors (Lipinski definition) is 3. The first kappa shape index (κ1) is 25.9. The van der Waals surface area contributed by atoms with Crippen LogP contribution in [0.15, 0.2) is 54.7 Å². The number of nitrogens with zero attached hydrogens (tertiary/aromatic N) is 1. The fourth-order valence-electron chi connectivity index (χ4n) is 4.65. The first-order chi connectivity index (χ1) is 16.2. The summed E-state index contributed by atoms with van der Waals surface area (Å²) in [6.45, 7) is 4.73. The molecule has 1 aromatic heterocycles. The third kappa shape index (κ3) is 5.87. The van der Waals surface area contributed by atoms with Crippen LogP contribution in [0.1, 0.15) is 44.2 Å². The molecule has 0 aliphatic rings. The summed E-state index contributed by atoms with van der Waals surface area (Å²) in [6.07, 6.45) is -1.15. The van der Waals surface area contributed by atoms with Crippen LogP contribution < -0.4 is 10.1 Å². The number of hydrogen-bond donors (Lipinski definition) is 1. The Morgan fingerprint density at radius 1 is 1.06 bits per heavy atom. The molecule has 184 valence electrons. The van der Waals surface area contributed by atoms with Gasteiger partial charge >= 0.3 is 6.18 Å². The molecule has 3 nitrogen and oxygen atoms in total. The average molecular weight is 477 g/mol. The van der Waals surface area contributed by atoms with Gasteiger partial charge in [0, 0.05) is 22.6 Å². The summed E-state index contributed by atoms with van der Waals surface area (Å²) in [5.74, 6) is -2.10. The average Bonchev–Trinajstić information content (AvgIpc) is 2.81. The zero-order valence-corrected chi connectivity index (χ0v) is 19.9. The molecule has 3 rings (SSSR count). The maximum atomic E-state index is 14.8. The maximum absolute atomic E-state index is 14.8. The minimum absolute atomic E-state index is 0.170. The van der Waals surface area contributed by atoms with Crippen molar-refractivity contribution in [2.45, 2.75) is 51.1 Å². The predicted molar refractivity (Wildman–Crippen MR) is 128 cm³/mol. The Bertz CT molecular complexity index is 1080. The lowest BCUT2D eigenvalue weighted by Gasteiger charge is -2.40. The largest absolute Gasteiger partial charge is 0.496 e. The number of aromatic nitrogens is 1. The van der Waals surface area contributed by atoms with Crippen LogP contribution in [0.5, 0.6) is 5.75 Å². The molecule has 1 heterocycles. The van der Waals surface area contributed by atoms with E-state index in [0.29, 0.717) is 23.0 Å². The van der Waals surface area contributed by atoms with Gasteiger partial charge in [0.05, 0.1) is 18.5 Å². The number of rotatable bonds is 11. The molecule has 0 aliphatic heterocycles. The van der Waals surface area contributed by atoms with Gasteiger partial charge in [-0.3, -0.25) is 4.98 Å². The molecule has 2 atom stereocenters. The number of halogens is 4. The standard InChI is InChI=1S/C27H32F4N2O/c1-4-5-14-32-16-13-26(2,22-18-20(28)10-11-24(22)34-3)25(27(29,30)31)17-19-12-15-33-23-9-7-6-8-21(19)23/h6-12,15,18,25,32H,4-5,13-14,16-17H2,1-3H3. The van der Waals surface area contributed by atoms with Gasteiger partial charge in [0.15, 0.2) is 0 Å². The monoisotopic (exact) mass is 476 g/mol. The molecule has 0 aliphatic carbocycles. The Kier molecular flexibility index (Phi) is 8.52. The number of unbranched alkanes of at least 4 members (excludes halogenated alkanes) is 1.